The Morgan fingerprint density at radius 2 is 1.00 bits per heavy atom. The Morgan fingerprint density at radius 3 is 1.00 bits per heavy atom. The van der Waals surface area contributed by atoms with E-state index in [-0.39, 0.29) is 91.7 Å². The van der Waals surface area contributed by atoms with E-state index in [0.717, 1.165) is 0 Å². The molecule has 5 heavy (non-hydrogen) atoms. The van der Waals surface area contributed by atoms with Gasteiger partial charge < -0.3 is 0 Å². The Bertz CT molecular complexity index is 11.6. The van der Waals surface area contributed by atoms with Gasteiger partial charge in [0.05, 0.1) is 0 Å². The van der Waals surface area contributed by atoms with Gasteiger partial charge in [-0.3, -0.25) is 0 Å². The van der Waals surface area contributed by atoms with Crippen molar-refractivity contribution in [2.75, 3.05) is 0 Å². The molecule has 0 saturated heterocycles. The first-order valence-electron chi connectivity index (χ1n) is 0. The number of hydrogen-bond acceptors (Lipinski definition) is 0. The fourth-order valence-electron chi connectivity index (χ4n) is 0. The summed E-state index contributed by atoms with van der Waals surface area (Å²) in [6.45, 7) is 0. The average Bonchev–Trinajstić information content (AvgIpc) is 0. The van der Waals surface area contributed by atoms with Crippen LogP contribution in [0.15, 0.2) is 0 Å². The fourth-order valence-corrected chi connectivity index (χ4v) is 0. The molecule has 0 bridgehead atoms. The van der Waals surface area contributed by atoms with Crippen LogP contribution in [0, 0.1) is 0 Å². The van der Waals surface area contributed by atoms with Crippen LogP contribution in [0.25, 0.3) is 0 Å². The summed E-state index contributed by atoms with van der Waals surface area (Å²) in [6, 6.07) is 0. The summed E-state index contributed by atoms with van der Waals surface area (Å²) in [5, 5.41) is 0. The monoisotopic (exact) mass is 363 g/mol. The molecular formula is H2CuFeMoSeZn. The second-order valence-electron chi connectivity index (χ2n) is 0. The Morgan fingerprint density at radius 1 is 1.00 bits per heavy atom. The molecule has 0 fully saturated rings. The second kappa shape index (κ2) is 28.7. The molecular weight excluding hydrogens is 360 g/mol. The summed E-state index contributed by atoms with van der Waals surface area (Å²) in [5.41, 5.74) is 0. The van der Waals surface area contributed by atoms with E-state index in [9.17, 15) is 0 Å². The molecule has 0 aromatic heterocycles. The summed E-state index contributed by atoms with van der Waals surface area (Å²) in [7, 11) is 0. The first-order chi connectivity index (χ1) is 0. The predicted molar refractivity (Wildman–Crippen MR) is 8.54 cm³/mol. The number of rotatable bonds is 0. The van der Waals surface area contributed by atoms with E-state index in [4.69, 9.17) is 0 Å². The second-order valence-corrected chi connectivity index (χ2v) is 0. The Kier molecular flexibility index (Phi) is 259. The van der Waals surface area contributed by atoms with Crippen LogP contribution in [0.3, 0.4) is 0 Å². The van der Waals surface area contributed by atoms with E-state index in [0.29, 0.717) is 0 Å². The minimum Gasteiger partial charge on any atom is 0 e. The molecule has 0 aliphatic heterocycles. The van der Waals surface area contributed by atoms with Crippen molar-refractivity contribution in [2.45, 2.75) is 0 Å². The van der Waals surface area contributed by atoms with E-state index in [2.05, 4.69) is 0 Å². The molecule has 0 nitrogen and oxygen atoms in total. The molecule has 0 heterocycles. The van der Waals surface area contributed by atoms with Crippen molar-refractivity contribution in [2.24, 2.45) is 0 Å². The smallest absolute Gasteiger partial charge is 0 e. The van der Waals surface area contributed by atoms with Gasteiger partial charge in [-0.2, -0.15) is 0 Å². The molecule has 5 heteroatoms. The molecule has 0 unspecified atom stereocenters. The van der Waals surface area contributed by atoms with Crippen LogP contribution in [0.2, 0.25) is 0 Å². The van der Waals surface area contributed by atoms with Crippen molar-refractivity contribution in [3.05, 3.63) is 0 Å². The Balaban J connectivity index is 0. The number of hydrogen-bond donors (Lipinski definition) is 0. The van der Waals surface area contributed by atoms with Crippen LogP contribution in [0.1, 0.15) is 0 Å². The molecule has 0 aliphatic rings. The normalized spacial score (nSPS) is 0. The minimum atomic E-state index is 0. The molecule has 0 N–H and O–H groups in total. The molecule has 0 aromatic carbocycles. The van der Waals surface area contributed by atoms with Gasteiger partial charge in [0.2, 0.25) is 0 Å². The third-order valence-corrected chi connectivity index (χ3v) is 0. The van der Waals surface area contributed by atoms with Crippen LogP contribution in [-0.2, 0) is 74.7 Å². The summed E-state index contributed by atoms with van der Waals surface area (Å²) in [5.74, 6) is 0. The molecule has 35 valence electrons. The minimum absolute atomic E-state index is 0. The average molecular weight is 362 g/mol. The molecule has 0 saturated carbocycles. The third-order valence-electron chi connectivity index (χ3n) is 0. The third kappa shape index (κ3) is 19.8. The predicted octanol–water partition coefficient (Wildman–Crippen LogP) is -0.926. The topological polar surface area (TPSA) is 0 Å². The van der Waals surface area contributed by atoms with Crippen LogP contribution in [-0.4, -0.2) is 17.1 Å². The van der Waals surface area contributed by atoms with Gasteiger partial charge in [0, 0.05) is 74.7 Å². The van der Waals surface area contributed by atoms with Crippen molar-refractivity contribution in [1.29, 1.82) is 0 Å². The van der Waals surface area contributed by atoms with Crippen molar-refractivity contribution >= 4 is 17.1 Å². The van der Waals surface area contributed by atoms with Crippen LogP contribution < -0.4 is 0 Å². The van der Waals surface area contributed by atoms with E-state index in [1.807, 2.05) is 0 Å². The first kappa shape index (κ1) is 45.1. The van der Waals surface area contributed by atoms with E-state index in [1.165, 1.54) is 0 Å². The van der Waals surface area contributed by atoms with Crippen molar-refractivity contribution < 1.29 is 74.7 Å². The van der Waals surface area contributed by atoms with Gasteiger partial charge in [-0.25, -0.2) is 0 Å². The quantitative estimate of drug-likeness (QED) is 0.489. The van der Waals surface area contributed by atoms with Crippen LogP contribution in [0.5, 0.6) is 0 Å². The van der Waals surface area contributed by atoms with E-state index >= 15 is 0 Å². The Labute approximate surface area is 90.4 Å². The van der Waals surface area contributed by atoms with Gasteiger partial charge in [0.15, 0.2) is 0 Å². The molecule has 0 aromatic rings. The maximum Gasteiger partial charge on any atom is 0 e. The molecule has 0 rings (SSSR count). The summed E-state index contributed by atoms with van der Waals surface area (Å²) in [4.78, 5) is 0. The largest absolute Gasteiger partial charge is 0 e. The molecule has 0 aliphatic carbocycles. The SMILES string of the molecule is [Cu].[Fe].[Mo].[SeH2].[Zn]. The van der Waals surface area contributed by atoms with E-state index < -0.39 is 0 Å². The summed E-state index contributed by atoms with van der Waals surface area (Å²) in [6.07, 6.45) is 0. The standard InChI is InChI=1S/Cu.Fe.Mo.H2Se.Zn/h;;;1H2;. The Hall–Kier alpha value is 2.87. The molecule has 0 spiro atoms. The zero-order chi connectivity index (χ0) is 0. The fraction of sp³-hybridized carbons (Fsp3) is 0. The zero-order valence-electron chi connectivity index (χ0n) is 2.27. The van der Waals surface area contributed by atoms with Gasteiger partial charge in [-0.05, 0) is 0 Å². The van der Waals surface area contributed by atoms with Gasteiger partial charge in [-0.1, -0.05) is 0 Å². The first-order valence-corrected chi connectivity index (χ1v) is 0. The van der Waals surface area contributed by atoms with Gasteiger partial charge in [-0.15, -0.1) is 0 Å². The maximum atomic E-state index is 0. The maximum absolute atomic E-state index is 0. The van der Waals surface area contributed by atoms with Crippen LogP contribution in [0.4, 0.5) is 0 Å². The van der Waals surface area contributed by atoms with Gasteiger partial charge in [0.25, 0.3) is 0 Å². The van der Waals surface area contributed by atoms with Crippen molar-refractivity contribution in [3.63, 3.8) is 0 Å². The zero-order valence-corrected chi connectivity index (χ0v) is 11.4. The summed E-state index contributed by atoms with van der Waals surface area (Å²) >= 11 is 0. The van der Waals surface area contributed by atoms with Gasteiger partial charge >= 0.3 is 17.1 Å². The molecule has 0 atom stereocenters. The van der Waals surface area contributed by atoms with E-state index in [1.54, 1.807) is 0 Å². The van der Waals surface area contributed by atoms with Crippen LogP contribution >= 0.6 is 0 Å². The molecule has 0 amide bonds. The molecule has 1 radical (unpaired) electrons. The van der Waals surface area contributed by atoms with Gasteiger partial charge in [0.1, 0.15) is 0 Å². The van der Waals surface area contributed by atoms with Crippen molar-refractivity contribution in [1.82, 2.24) is 0 Å². The summed E-state index contributed by atoms with van der Waals surface area (Å²) < 4.78 is 0. The van der Waals surface area contributed by atoms with Crippen molar-refractivity contribution in [3.8, 4) is 0 Å².